The molecule has 34 heavy (non-hydrogen) atoms. The minimum atomic E-state index is 0.0179. The number of ether oxygens (including phenoxy) is 2. The van der Waals surface area contributed by atoms with Crippen LogP contribution in [0.1, 0.15) is 58.4 Å². The summed E-state index contributed by atoms with van der Waals surface area (Å²) in [6, 6.07) is 15.2. The third-order valence-corrected chi connectivity index (χ3v) is 7.35. The average molecular weight is 465 g/mol. The van der Waals surface area contributed by atoms with Crippen LogP contribution in [0.5, 0.6) is 5.75 Å². The first kappa shape index (κ1) is 24.3. The van der Waals surface area contributed by atoms with Gasteiger partial charge in [-0.2, -0.15) is 0 Å². The summed E-state index contributed by atoms with van der Waals surface area (Å²) >= 11 is 0. The molecule has 2 aromatic carbocycles. The van der Waals surface area contributed by atoms with Gasteiger partial charge in [-0.05, 0) is 61.8 Å². The molecule has 0 unspecified atom stereocenters. The van der Waals surface area contributed by atoms with E-state index in [1.807, 2.05) is 65.3 Å². The first-order valence-electron chi connectivity index (χ1n) is 12.4. The van der Waals surface area contributed by atoms with Gasteiger partial charge in [-0.25, -0.2) is 0 Å². The molecule has 1 fully saturated rings. The van der Waals surface area contributed by atoms with Crippen LogP contribution in [-0.2, 0) is 4.74 Å². The second-order valence-electron chi connectivity index (χ2n) is 9.63. The molecule has 0 radical (unpaired) electrons. The van der Waals surface area contributed by atoms with Gasteiger partial charge in [0.15, 0.2) is 0 Å². The molecule has 0 aliphatic carbocycles. The number of piperidine rings is 1. The molecule has 1 saturated heterocycles. The molecule has 3 heterocycles. The van der Waals surface area contributed by atoms with Crippen molar-refractivity contribution in [3.8, 4) is 5.75 Å². The number of para-hydroxylation sites is 1. The molecular formula is C28H36N2O4. The Bertz CT molecular complexity index is 997. The van der Waals surface area contributed by atoms with Crippen molar-refractivity contribution >= 4 is 11.8 Å². The number of nitrogens with zero attached hydrogens (tertiary/aromatic N) is 2. The molecule has 0 N–H and O–H groups in total. The van der Waals surface area contributed by atoms with Crippen LogP contribution in [0, 0.1) is 12.3 Å². The van der Waals surface area contributed by atoms with Crippen LogP contribution in [0.15, 0.2) is 48.5 Å². The van der Waals surface area contributed by atoms with Crippen LogP contribution in [0.25, 0.3) is 0 Å². The molecule has 0 spiro atoms. The average Bonchev–Trinajstić information content (AvgIpc) is 2.86. The van der Waals surface area contributed by atoms with E-state index >= 15 is 0 Å². The van der Waals surface area contributed by atoms with E-state index in [1.54, 1.807) is 7.11 Å². The van der Waals surface area contributed by atoms with E-state index < -0.39 is 0 Å². The largest absolute Gasteiger partial charge is 0.491 e. The number of carbonyl (C=O) groups is 2. The maximum absolute atomic E-state index is 13.4. The molecular weight excluding hydrogens is 428 g/mol. The van der Waals surface area contributed by atoms with Gasteiger partial charge >= 0.3 is 0 Å². The van der Waals surface area contributed by atoms with Crippen LogP contribution in [0.4, 0.5) is 0 Å². The van der Waals surface area contributed by atoms with Crippen molar-refractivity contribution in [3.63, 3.8) is 0 Å². The van der Waals surface area contributed by atoms with E-state index in [2.05, 4.69) is 0 Å². The number of rotatable bonds is 3. The fraction of sp³-hybridized carbons (Fsp3) is 0.500. The molecule has 0 saturated carbocycles. The highest BCUT2D eigenvalue weighted by atomic mass is 16.5. The lowest BCUT2D eigenvalue weighted by molar-refractivity contribution is 0.0136. The van der Waals surface area contributed by atoms with Gasteiger partial charge < -0.3 is 19.3 Å². The van der Waals surface area contributed by atoms with Crippen molar-refractivity contribution < 1.29 is 19.1 Å². The van der Waals surface area contributed by atoms with Gasteiger partial charge in [0, 0.05) is 32.3 Å². The Hall–Kier alpha value is -2.86. The Morgan fingerprint density at radius 3 is 2.47 bits per heavy atom. The predicted molar refractivity (Wildman–Crippen MR) is 132 cm³/mol. The topological polar surface area (TPSA) is 59.1 Å². The van der Waals surface area contributed by atoms with Crippen molar-refractivity contribution in [2.75, 3.05) is 46.5 Å². The maximum atomic E-state index is 13.4. The quantitative estimate of drug-likeness (QED) is 0.668. The number of carbonyl (C=O) groups excluding carboxylic acids is 2. The molecule has 2 amide bonds. The third kappa shape index (κ3) is 5.44. The van der Waals surface area contributed by atoms with E-state index in [4.69, 9.17) is 9.47 Å². The predicted octanol–water partition coefficient (Wildman–Crippen LogP) is 4.57. The van der Waals surface area contributed by atoms with E-state index in [0.29, 0.717) is 37.6 Å². The minimum Gasteiger partial charge on any atom is -0.491 e. The van der Waals surface area contributed by atoms with Gasteiger partial charge in [-0.1, -0.05) is 36.8 Å². The van der Waals surface area contributed by atoms with Crippen molar-refractivity contribution in [3.05, 3.63) is 65.2 Å². The summed E-state index contributed by atoms with van der Waals surface area (Å²) < 4.78 is 11.7. The van der Waals surface area contributed by atoms with Crippen LogP contribution in [0.3, 0.4) is 0 Å². The Morgan fingerprint density at radius 1 is 0.971 bits per heavy atom. The highest BCUT2D eigenvalue weighted by Crippen LogP contribution is 2.38. The standard InChI is InChI=1S/C28H36N2O4/c1-22-9-3-4-10-23(22)26(31)29-16-8-7-13-28(21-33-2)14-17-30(18-15-28)27(32)24-11-5-6-12-25(24)34-20-19-29/h3-6,9-12H,7-8,13-21H2,1-2H3. The molecule has 182 valence electrons. The summed E-state index contributed by atoms with van der Waals surface area (Å²) in [4.78, 5) is 30.6. The lowest BCUT2D eigenvalue weighted by atomic mass is 9.75. The maximum Gasteiger partial charge on any atom is 0.257 e. The van der Waals surface area contributed by atoms with Gasteiger partial charge in [0.1, 0.15) is 12.4 Å². The molecule has 3 aliphatic heterocycles. The van der Waals surface area contributed by atoms with E-state index in [1.165, 1.54) is 0 Å². The number of methoxy groups -OCH3 is 1. The SMILES string of the molecule is COCC12CCCCN(C(=O)c3ccccc3C)CCOc3ccccc3C(=O)N(CC1)CC2. The van der Waals surface area contributed by atoms with Crippen LogP contribution in [0.2, 0.25) is 0 Å². The summed E-state index contributed by atoms with van der Waals surface area (Å²) in [5.74, 6) is 0.637. The number of hydrogen-bond donors (Lipinski definition) is 0. The first-order valence-corrected chi connectivity index (χ1v) is 12.4. The Labute approximate surface area is 202 Å². The second kappa shape index (κ2) is 11.0. The van der Waals surface area contributed by atoms with Crippen molar-refractivity contribution in [2.24, 2.45) is 5.41 Å². The summed E-state index contributed by atoms with van der Waals surface area (Å²) in [7, 11) is 1.76. The zero-order valence-electron chi connectivity index (χ0n) is 20.4. The van der Waals surface area contributed by atoms with Gasteiger partial charge in [0.25, 0.3) is 11.8 Å². The lowest BCUT2D eigenvalue weighted by Crippen LogP contribution is -2.45. The molecule has 6 nitrogen and oxygen atoms in total. The molecule has 0 aromatic heterocycles. The number of amides is 2. The van der Waals surface area contributed by atoms with Crippen molar-refractivity contribution in [1.82, 2.24) is 9.80 Å². The molecule has 5 rings (SSSR count). The van der Waals surface area contributed by atoms with Gasteiger partial charge in [0.2, 0.25) is 0 Å². The van der Waals surface area contributed by atoms with Crippen LogP contribution in [-0.4, -0.2) is 68.1 Å². The summed E-state index contributed by atoms with van der Waals surface area (Å²) in [6.45, 7) is 5.65. The smallest absolute Gasteiger partial charge is 0.257 e. The van der Waals surface area contributed by atoms with Crippen LogP contribution >= 0.6 is 0 Å². The molecule has 2 aromatic rings. The third-order valence-electron chi connectivity index (χ3n) is 7.35. The Kier molecular flexibility index (Phi) is 7.88. The monoisotopic (exact) mass is 464 g/mol. The normalized spacial score (nSPS) is 19.1. The lowest BCUT2D eigenvalue weighted by Gasteiger charge is -2.41. The second-order valence-corrected chi connectivity index (χ2v) is 9.63. The van der Waals surface area contributed by atoms with Crippen LogP contribution < -0.4 is 4.74 Å². The number of benzene rings is 2. The summed E-state index contributed by atoms with van der Waals surface area (Å²) in [6.07, 6.45) is 4.86. The molecule has 6 heteroatoms. The molecule has 2 bridgehead atoms. The summed E-state index contributed by atoms with van der Waals surface area (Å²) in [5, 5.41) is 0. The van der Waals surface area contributed by atoms with E-state index in [9.17, 15) is 9.59 Å². The first-order chi connectivity index (χ1) is 16.5. The zero-order chi connectivity index (χ0) is 24.0. The molecule has 0 atom stereocenters. The summed E-state index contributed by atoms with van der Waals surface area (Å²) in [5.41, 5.74) is 2.39. The molecule has 3 aliphatic rings. The van der Waals surface area contributed by atoms with Gasteiger partial charge in [0.05, 0.1) is 18.7 Å². The number of aryl methyl sites for hydroxylation is 1. The Morgan fingerprint density at radius 2 is 1.71 bits per heavy atom. The minimum absolute atomic E-state index is 0.0179. The number of hydrogen-bond acceptors (Lipinski definition) is 4. The fourth-order valence-corrected chi connectivity index (χ4v) is 5.26. The van der Waals surface area contributed by atoms with Gasteiger partial charge in [-0.15, -0.1) is 0 Å². The van der Waals surface area contributed by atoms with E-state index in [0.717, 1.165) is 56.3 Å². The van der Waals surface area contributed by atoms with Crippen molar-refractivity contribution in [2.45, 2.75) is 39.0 Å². The fourth-order valence-electron chi connectivity index (χ4n) is 5.26. The highest BCUT2D eigenvalue weighted by molar-refractivity contribution is 5.97. The van der Waals surface area contributed by atoms with E-state index in [-0.39, 0.29) is 17.2 Å². The zero-order valence-corrected chi connectivity index (χ0v) is 20.4. The number of fused-ring (bicyclic) bond motifs is 9. The van der Waals surface area contributed by atoms with Gasteiger partial charge in [-0.3, -0.25) is 9.59 Å². The van der Waals surface area contributed by atoms with Crippen molar-refractivity contribution in [1.29, 1.82) is 0 Å². The highest BCUT2D eigenvalue weighted by Gasteiger charge is 2.36. The Balaban J connectivity index is 1.59.